The van der Waals surface area contributed by atoms with Gasteiger partial charge in [0.15, 0.2) is 0 Å². The normalized spacial score (nSPS) is 14.8. The molecule has 0 aliphatic heterocycles. The van der Waals surface area contributed by atoms with Gasteiger partial charge in [-0.2, -0.15) is 0 Å². The highest BCUT2D eigenvalue weighted by molar-refractivity contribution is 5.83. The molecule has 0 heterocycles. The first kappa shape index (κ1) is 44.3. The van der Waals surface area contributed by atoms with Crippen molar-refractivity contribution in [3.63, 3.8) is 0 Å². The summed E-state index contributed by atoms with van der Waals surface area (Å²) >= 11 is 0. The zero-order chi connectivity index (χ0) is 37.0. The average Bonchev–Trinajstić information content (AvgIpc) is 3.07. The van der Waals surface area contributed by atoms with E-state index in [2.05, 4.69) is 28.1 Å². The number of hydrogen-bond donors (Lipinski definition) is 6. The second kappa shape index (κ2) is 28.0. The number of nitrogens with one attached hydrogen (secondary N) is 3. The molecule has 1 aliphatic carbocycles. The molecule has 1 unspecified atom stereocenters. The highest BCUT2D eigenvalue weighted by atomic mass is 16.6. The first-order valence-corrected chi connectivity index (χ1v) is 18.1. The molecule has 0 aromatic heterocycles. The first-order valence-electron chi connectivity index (χ1n) is 18.1. The van der Waals surface area contributed by atoms with E-state index in [-0.39, 0.29) is 63.2 Å². The maximum Gasteiger partial charge on any atom is 0.407 e. The fraction of sp³-hybridized carbons (Fsp3) is 0.765. The molecule has 16 heteroatoms. The van der Waals surface area contributed by atoms with Crippen LogP contribution in [0.3, 0.4) is 0 Å². The second-order valence-electron chi connectivity index (χ2n) is 12.5. The van der Waals surface area contributed by atoms with Crippen LogP contribution < -0.4 is 16.0 Å². The molecule has 286 valence electrons. The van der Waals surface area contributed by atoms with E-state index in [1.54, 1.807) is 0 Å². The van der Waals surface area contributed by atoms with Crippen molar-refractivity contribution >= 4 is 35.6 Å². The summed E-state index contributed by atoms with van der Waals surface area (Å²) in [6.45, 7) is 2.95. The lowest BCUT2D eigenvalue weighted by Gasteiger charge is -2.18. The van der Waals surface area contributed by atoms with Crippen molar-refractivity contribution in [1.82, 2.24) is 31.1 Å². The van der Waals surface area contributed by atoms with Gasteiger partial charge >= 0.3 is 6.09 Å². The van der Waals surface area contributed by atoms with Crippen molar-refractivity contribution in [1.29, 1.82) is 0 Å². The summed E-state index contributed by atoms with van der Waals surface area (Å²) in [5.74, 6) is -2.15. The second-order valence-corrected chi connectivity index (χ2v) is 12.5. The van der Waals surface area contributed by atoms with Crippen LogP contribution in [0.25, 0.3) is 0 Å². The van der Waals surface area contributed by atoms with Gasteiger partial charge in [0.2, 0.25) is 29.5 Å². The topological polar surface area (TPSA) is 218 Å². The van der Waals surface area contributed by atoms with Crippen molar-refractivity contribution in [3.05, 3.63) is 12.2 Å². The lowest BCUT2D eigenvalue weighted by molar-refractivity contribution is -0.166. The Morgan fingerprint density at radius 3 is 1.56 bits per heavy atom. The van der Waals surface area contributed by atoms with E-state index >= 15 is 0 Å². The smallest absolute Gasteiger partial charge is 0.407 e. The predicted octanol–water partition coefficient (Wildman–Crippen LogP) is 3.58. The van der Waals surface area contributed by atoms with E-state index in [1.165, 1.54) is 6.92 Å². The number of hydrogen-bond acceptors (Lipinski definition) is 10. The van der Waals surface area contributed by atoms with Gasteiger partial charge in [-0.05, 0) is 89.9 Å². The number of carbonyl (C=O) groups is 6. The van der Waals surface area contributed by atoms with Crippen LogP contribution in [0.2, 0.25) is 0 Å². The van der Waals surface area contributed by atoms with Gasteiger partial charge in [-0.15, -0.1) is 0 Å². The summed E-state index contributed by atoms with van der Waals surface area (Å²) in [4.78, 5) is 71.1. The minimum Gasteiger partial charge on any atom is -0.446 e. The molecule has 0 radical (unpaired) electrons. The number of carbonyl (C=O) groups excluding carboxylic acids is 6. The molecule has 0 saturated heterocycles. The van der Waals surface area contributed by atoms with Crippen molar-refractivity contribution < 1.29 is 49.1 Å². The molecule has 0 saturated carbocycles. The zero-order valence-electron chi connectivity index (χ0n) is 29.7. The molecule has 0 fully saturated rings. The van der Waals surface area contributed by atoms with Crippen LogP contribution in [0.5, 0.6) is 0 Å². The predicted molar refractivity (Wildman–Crippen MR) is 183 cm³/mol. The Hall–Kier alpha value is -3.76. The molecule has 50 heavy (non-hydrogen) atoms. The van der Waals surface area contributed by atoms with E-state index in [9.17, 15) is 44.4 Å². The van der Waals surface area contributed by atoms with Crippen molar-refractivity contribution in [2.75, 3.05) is 39.3 Å². The molecule has 16 nitrogen and oxygen atoms in total. The van der Waals surface area contributed by atoms with Gasteiger partial charge in [-0.3, -0.25) is 39.6 Å². The average molecular weight is 713 g/mol. The Morgan fingerprint density at radius 2 is 1.06 bits per heavy atom. The molecule has 1 atom stereocenters. The minimum absolute atomic E-state index is 0.0523. The summed E-state index contributed by atoms with van der Waals surface area (Å²) in [5.41, 5.74) is 0. The first-order chi connectivity index (χ1) is 24.0. The molecule has 1 aliphatic rings. The van der Waals surface area contributed by atoms with Gasteiger partial charge in [0.25, 0.3) is 0 Å². The van der Waals surface area contributed by atoms with Gasteiger partial charge in [0.1, 0.15) is 6.10 Å². The fourth-order valence-corrected chi connectivity index (χ4v) is 5.06. The molecule has 6 amide bonds. The highest BCUT2D eigenvalue weighted by Gasteiger charge is 2.16. The van der Waals surface area contributed by atoms with Gasteiger partial charge in [0, 0.05) is 71.9 Å². The summed E-state index contributed by atoms with van der Waals surface area (Å²) in [5, 5.41) is 39.2. The van der Waals surface area contributed by atoms with E-state index in [0.717, 1.165) is 32.1 Å². The monoisotopic (exact) mass is 712 g/mol. The van der Waals surface area contributed by atoms with Gasteiger partial charge in [-0.25, -0.2) is 20.0 Å². The van der Waals surface area contributed by atoms with E-state index < -0.39 is 23.8 Å². The Labute approximate surface area is 295 Å². The number of alkyl carbamates (subject to hydrolysis) is 1. The van der Waals surface area contributed by atoms with Crippen LogP contribution in [0.15, 0.2) is 12.2 Å². The lowest BCUT2D eigenvalue weighted by Crippen LogP contribution is -2.31. The van der Waals surface area contributed by atoms with Crippen molar-refractivity contribution in [3.8, 4) is 0 Å². The van der Waals surface area contributed by atoms with Crippen LogP contribution >= 0.6 is 0 Å². The maximum atomic E-state index is 12.1. The summed E-state index contributed by atoms with van der Waals surface area (Å²) in [6.07, 6.45) is 13.7. The largest absolute Gasteiger partial charge is 0.446 e. The van der Waals surface area contributed by atoms with Crippen molar-refractivity contribution in [2.45, 2.75) is 129 Å². The Bertz CT molecular complexity index is 1060. The Balaban J connectivity index is 1.99. The van der Waals surface area contributed by atoms with Crippen molar-refractivity contribution in [2.24, 2.45) is 0 Å². The lowest BCUT2D eigenvalue weighted by atomic mass is 10.0. The molecular formula is C34H60N6O10. The number of rotatable bonds is 25. The van der Waals surface area contributed by atoms with Gasteiger partial charge < -0.3 is 20.7 Å². The van der Waals surface area contributed by atoms with Crippen LogP contribution in [0.4, 0.5) is 4.79 Å². The third kappa shape index (κ3) is 23.6. The molecule has 0 aromatic carbocycles. The third-order valence-corrected chi connectivity index (χ3v) is 8.12. The molecule has 1 rings (SSSR count). The van der Waals surface area contributed by atoms with Crippen LogP contribution in [-0.2, 0) is 28.7 Å². The quantitative estimate of drug-likeness (QED) is 0.0350. The number of ether oxygens (including phenoxy) is 1. The molecule has 0 spiro atoms. The van der Waals surface area contributed by atoms with Crippen LogP contribution in [0.1, 0.15) is 122 Å². The van der Waals surface area contributed by atoms with Crippen LogP contribution in [0, 0.1) is 0 Å². The summed E-state index contributed by atoms with van der Waals surface area (Å²) in [6, 6.07) is 0. The summed E-state index contributed by atoms with van der Waals surface area (Å²) in [7, 11) is 0. The van der Waals surface area contributed by atoms with Gasteiger partial charge in [-0.1, -0.05) is 12.2 Å². The molecule has 0 bridgehead atoms. The van der Waals surface area contributed by atoms with E-state index in [0.29, 0.717) is 92.6 Å². The third-order valence-electron chi connectivity index (χ3n) is 8.12. The van der Waals surface area contributed by atoms with E-state index in [1.807, 2.05) is 0 Å². The molecular weight excluding hydrogens is 652 g/mol. The number of amides is 6. The number of unbranched alkanes of at least 4 members (excludes halogenated alkanes) is 6. The molecule has 0 aromatic rings. The fourth-order valence-electron chi connectivity index (χ4n) is 5.06. The highest BCUT2D eigenvalue weighted by Crippen LogP contribution is 2.15. The number of allylic oxidation sites excluding steroid dienone is 2. The zero-order valence-corrected chi connectivity index (χ0v) is 29.7. The van der Waals surface area contributed by atoms with Crippen LogP contribution in [-0.4, -0.2) is 112 Å². The number of hydroxylamine groups is 6. The van der Waals surface area contributed by atoms with E-state index in [4.69, 9.17) is 4.74 Å². The standard InChI is InChI=1S/C34H60N6O10/c1-28(41)38(47)25-13-5-10-22-35-30(42)18-20-32(44)39(48)26-14-6-11-23-36-31(43)19-21-33(45)40(49)27-15-7-12-24-37-34(46)50-29-16-8-3-2-4-9-17-29/h2-3,29,47-49H,4-27H2,1H3,(H,35,42)(H,36,43)(H,37,46)/b3-2+. The summed E-state index contributed by atoms with van der Waals surface area (Å²) < 4.78 is 5.49. The Morgan fingerprint density at radius 1 is 0.600 bits per heavy atom. The minimum atomic E-state index is -0.559. The Kier molecular flexibility index (Phi) is 24.8. The number of nitrogens with zero attached hydrogens (tertiary/aromatic N) is 3. The maximum absolute atomic E-state index is 12.1. The molecule has 6 N–H and O–H groups in total. The van der Waals surface area contributed by atoms with Gasteiger partial charge in [0.05, 0.1) is 0 Å². The SMILES string of the molecule is CC(=O)N(O)CCCCCNC(=O)CCC(=O)N(O)CCCCCNC(=O)CCC(=O)N(O)CCCCCNC(=O)OC1CC/C=C/CCC1.